The van der Waals surface area contributed by atoms with Crippen molar-refractivity contribution in [3.8, 4) is 0 Å². The van der Waals surface area contributed by atoms with Gasteiger partial charge in [0.05, 0.1) is 0 Å². The predicted molar refractivity (Wildman–Crippen MR) is 125 cm³/mol. The van der Waals surface area contributed by atoms with E-state index in [0.717, 1.165) is 39.3 Å². The van der Waals surface area contributed by atoms with Gasteiger partial charge in [-0.3, -0.25) is 19.4 Å². The third kappa shape index (κ3) is 13.0. The van der Waals surface area contributed by atoms with Gasteiger partial charge in [0.15, 0.2) is 0 Å². The number of carbonyl (C=O) groups excluding carboxylic acids is 2. The van der Waals surface area contributed by atoms with Crippen molar-refractivity contribution in [1.29, 1.82) is 0 Å². The van der Waals surface area contributed by atoms with Crippen molar-refractivity contribution >= 4 is 36.8 Å². The van der Waals surface area contributed by atoms with Crippen molar-refractivity contribution < 1.29 is 19.1 Å². The summed E-state index contributed by atoms with van der Waals surface area (Å²) in [5.41, 5.74) is 0. The van der Waals surface area contributed by atoms with Crippen LogP contribution in [0.15, 0.2) is 0 Å². The Morgan fingerprint density at radius 1 is 0.667 bits per heavy atom. The smallest absolute Gasteiger partial charge is 0.306 e. The van der Waals surface area contributed by atoms with Gasteiger partial charge in [-0.15, -0.1) is 24.8 Å². The van der Waals surface area contributed by atoms with Crippen LogP contribution in [0.1, 0.15) is 78.1 Å². The van der Waals surface area contributed by atoms with Crippen molar-refractivity contribution in [2.45, 2.75) is 90.3 Å². The first kappa shape index (κ1) is 29.4. The lowest BCUT2D eigenvalue weighted by Crippen LogP contribution is -2.37. The molecule has 2 fully saturated rings. The molecule has 8 heteroatoms. The summed E-state index contributed by atoms with van der Waals surface area (Å²) in [7, 11) is 0. The van der Waals surface area contributed by atoms with Crippen LogP contribution in [-0.4, -0.2) is 73.2 Å². The maximum absolute atomic E-state index is 12.0. The zero-order valence-electron chi connectivity index (χ0n) is 18.8. The molecule has 2 heterocycles. The molecule has 0 aromatic carbocycles. The number of esters is 2. The lowest BCUT2D eigenvalue weighted by molar-refractivity contribution is -0.151. The summed E-state index contributed by atoms with van der Waals surface area (Å²) in [5, 5.41) is 0. The Morgan fingerprint density at radius 2 is 1.00 bits per heavy atom. The van der Waals surface area contributed by atoms with Gasteiger partial charge in [-0.25, -0.2) is 0 Å². The van der Waals surface area contributed by atoms with Gasteiger partial charge in [0, 0.05) is 25.9 Å². The first-order chi connectivity index (χ1) is 13.5. The molecule has 0 saturated carbocycles. The van der Waals surface area contributed by atoms with Gasteiger partial charge in [-0.2, -0.15) is 0 Å². The van der Waals surface area contributed by atoms with E-state index in [0.29, 0.717) is 25.7 Å². The molecule has 0 radical (unpaired) electrons. The highest BCUT2D eigenvalue weighted by Crippen LogP contribution is 2.12. The number of halogens is 2. The Bertz CT molecular complexity index is 428. The molecular weight excluding hydrogens is 427 g/mol. The number of piperidine rings is 2. The van der Waals surface area contributed by atoms with E-state index in [1.807, 2.05) is 13.8 Å². The molecule has 2 rings (SSSR count). The molecule has 2 aliphatic heterocycles. The van der Waals surface area contributed by atoms with Crippen molar-refractivity contribution in [3.05, 3.63) is 0 Å². The number of hydrogen-bond donors (Lipinski definition) is 0. The summed E-state index contributed by atoms with van der Waals surface area (Å²) >= 11 is 0. The fourth-order valence-corrected chi connectivity index (χ4v) is 4.19. The van der Waals surface area contributed by atoms with E-state index >= 15 is 0 Å². The molecule has 2 unspecified atom stereocenters. The number of carbonyl (C=O) groups is 2. The molecule has 30 heavy (non-hydrogen) atoms. The quantitative estimate of drug-likeness (QED) is 0.334. The minimum absolute atomic E-state index is 0. The van der Waals surface area contributed by atoms with Gasteiger partial charge >= 0.3 is 11.9 Å². The minimum Gasteiger partial charge on any atom is -0.461 e. The lowest BCUT2D eigenvalue weighted by atomic mass is 10.1. The molecule has 0 bridgehead atoms. The first-order valence-corrected chi connectivity index (χ1v) is 11.4. The van der Waals surface area contributed by atoms with Crippen LogP contribution in [-0.2, 0) is 19.1 Å². The van der Waals surface area contributed by atoms with Gasteiger partial charge in [0.1, 0.15) is 12.2 Å². The van der Waals surface area contributed by atoms with Crippen LogP contribution in [0.2, 0.25) is 0 Å². The van der Waals surface area contributed by atoms with Gasteiger partial charge < -0.3 is 9.47 Å². The van der Waals surface area contributed by atoms with Gasteiger partial charge in [0.25, 0.3) is 0 Å². The maximum atomic E-state index is 12.0. The van der Waals surface area contributed by atoms with Gasteiger partial charge in [-0.05, 0) is 78.6 Å². The standard InChI is InChI=1S/C22H40N2O4.2ClH/c1-19(17-23-13-7-3-8-14-23)27-21(25)11-5-6-12-22(26)28-20(2)18-24-15-9-4-10-16-24;;/h19-20H,3-18H2,1-2H3;2*1H. The first-order valence-electron chi connectivity index (χ1n) is 11.4. The summed E-state index contributed by atoms with van der Waals surface area (Å²) in [6.45, 7) is 10.0. The van der Waals surface area contributed by atoms with Crippen molar-refractivity contribution in [2.24, 2.45) is 0 Å². The van der Waals surface area contributed by atoms with E-state index in [1.54, 1.807) is 0 Å². The molecule has 0 amide bonds. The average molecular weight is 469 g/mol. The fraction of sp³-hybridized carbons (Fsp3) is 0.909. The molecule has 0 aliphatic carbocycles. The number of likely N-dealkylation sites (tertiary alicyclic amines) is 2. The second kappa shape index (κ2) is 17.0. The van der Waals surface area contributed by atoms with Crippen molar-refractivity contribution in [1.82, 2.24) is 9.80 Å². The fourth-order valence-electron chi connectivity index (χ4n) is 4.19. The van der Waals surface area contributed by atoms with E-state index in [2.05, 4.69) is 9.80 Å². The van der Waals surface area contributed by atoms with Crippen LogP contribution in [0.4, 0.5) is 0 Å². The van der Waals surface area contributed by atoms with Crippen LogP contribution >= 0.6 is 24.8 Å². The molecule has 2 saturated heterocycles. The monoisotopic (exact) mass is 468 g/mol. The second-order valence-corrected chi connectivity index (χ2v) is 8.53. The topological polar surface area (TPSA) is 59.1 Å². The Labute approximate surface area is 195 Å². The molecule has 2 atom stereocenters. The highest BCUT2D eigenvalue weighted by molar-refractivity contribution is 5.85. The third-order valence-corrected chi connectivity index (χ3v) is 5.61. The minimum atomic E-state index is -0.156. The number of nitrogens with zero attached hydrogens (tertiary/aromatic N) is 2. The molecule has 0 spiro atoms. The van der Waals surface area contributed by atoms with Crippen LogP contribution < -0.4 is 0 Å². The number of hydrogen-bond acceptors (Lipinski definition) is 6. The summed E-state index contributed by atoms with van der Waals surface area (Å²) in [4.78, 5) is 28.7. The van der Waals surface area contributed by atoms with E-state index in [1.165, 1.54) is 38.5 Å². The molecule has 0 aromatic rings. The second-order valence-electron chi connectivity index (χ2n) is 8.53. The van der Waals surface area contributed by atoms with Crippen LogP contribution in [0.25, 0.3) is 0 Å². The van der Waals surface area contributed by atoms with Crippen LogP contribution in [0.3, 0.4) is 0 Å². The molecule has 2 aliphatic rings. The molecule has 178 valence electrons. The Balaban J connectivity index is 0.00000420. The lowest BCUT2D eigenvalue weighted by Gasteiger charge is -2.28. The van der Waals surface area contributed by atoms with E-state index in [9.17, 15) is 9.59 Å². The molecule has 0 N–H and O–H groups in total. The largest absolute Gasteiger partial charge is 0.461 e. The van der Waals surface area contributed by atoms with Crippen molar-refractivity contribution in [2.75, 3.05) is 39.3 Å². The molecule has 0 aromatic heterocycles. The van der Waals surface area contributed by atoms with E-state index in [4.69, 9.17) is 9.47 Å². The van der Waals surface area contributed by atoms with Crippen molar-refractivity contribution in [3.63, 3.8) is 0 Å². The summed E-state index contributed by atoms with van der Waals surface area (Å²) < 4.78 is 11.0. The highest BCUT2D eigenvalue weighted by atomic mass is 35.5. The number of ether oxygens (including phenoxy) is 2. The Morgan fingerprint density at radius 3 is 1.33 bits per heavy atom. The summed E-state index contributed by atoms with van der Waals surface area (Å²) in [6, 6.07) is 0. The zero-order chi connectivity index (χ0) is 20.2. The summed E-state index contributed by atoms with van der Waals surface area (Å²) in [5.74, 6) is -0.312. The van der Waals surface area contributed by atoms with Gasteiger partial charge in [0.2, 0.25) is 0 Å². The average Bonchev–Trinajstić information content (AvgIpc) is 2.66. The Kier molecular flexibility index (Phi) is 16.7. The predicted octanol–water partition coefficient (Wildman–Crippen LogP) is 4.23. The van der Waals surface area contributed by atoms with Crippen LogP contribution in [0, 0.1) is 0 Å². The van der Waals surface area contributed by atoms with E-state index in [-0.39, 0.29) is 49.0 Å². The molecule has 6 nitrogen and oxygen atoms in total. The summed E-state index contributed by atoms with van der Waals surface area (Å²) in [6.07, 6.45) is 9.56. The normalized spacial score (nSPS) is 19.7. The zero-order valence-corrected chi connectivity index (χ0v) is 20.4. The Hall–Kier alpha value is -0.560. The molecular formula is C22H42Cl2N2O4. The van der Waals surface area contributed by atoms with E-state index < -0.39 is 0 Å². The number of rotatable bonds is 11. The van der Waals surface area contributed by atoms with Gasteiger partial charge in [-0.1, -0.05) is 12.8 Å². The highest BCUT2D eigenvalue weighted by Gasteiger charge is 2.18. The van der Waals surface area contributed by atoms with Crippen LogP contribution in [0.5, 0.6) is 0 Å². The SMILES string of the molecule is CC(CN1CCCCC1)OC(=O)CCCCC(=O)OC(C)CN1CCCCC1.Cl.Cl. The third-order valence-electron chi connectivity index (χ3n) is 5.61. The number of unbranched alkanes of at least 4 members (excludes halogenated alkanes) is 1. The maximum Gasteiger partial charge on any atom is 0.306 e.